The topological polar surface area (TPSA) is 104 Å². The number of carboxylic acids is 1. The first-order valence-electron chi connectivity index (χ1n) is 4.99. The summed E-state index contributed by atoms with van der Waals surface area (Å²) < 4.78 is 61.5. The number of aliphatic carboxylic acids is 1. The predicted octanol–water partition coefficient (Wildman–Crippen LogP) is 0.881. The molecule has 1 unspecified atom stereocenters. The second kappa shape index (κ2) is 5.31. The first-order chi connectivity index (χ1) is 8.86. The van der Waals surface area contributed by atoms with Gasteiger partial charge in [-0.05, 0) is 19.1 Å². The summed E-state index contributed by atoms with van der Waals surface area (Å²) in [5.74, 6) is -1.66. The lowest BCUT2D eigenvalue weighted by molar-refractivity contribution is -0.155. The quantitative estimate of drug-likeness (QED) is 0.742. The number of nitrogens with one attached hydrogen (secondary N) is 1. The van der Waals surface area contributed by atoms with E-state index < -0.39 is 43.4 Å². The van der Waals surface area contributed by atoms with Crippen LogP contribution in [0.2, 0.25) is 0 Å². The highest BCUT2D eigenvalue weighted by Crippen LogP contribution is 2.36. The predicted molar refractivity (Wildman–Crippen MR) is 62.8 cm³/mol. The van der Waals surface area contributed by atoms with Gasteiger partial charge in [-0.2, -0.15) is 13.2 Å². The van der Waals surface area contributed by atoms with Crippen molar-refractivity contribution in [3.05, 3.63) is 17.0 Å². The Morgan fingerprint density at radius 3 is 2.35 bits per heavy atom. The molecule has 0 fully saturated rings. The van der Waals surface area contributed by atoms with Crippen molar-refractivity contribution in [2.75, 3.05) is 6.54 Å². The van der Waals surface area contributed by atoms with Crippen LogP contribution in [0.15, 0.2) is 16.3 Å². The second-order valence-corrected chi connectivity index (χ2v) is 7.10. The molecule has 6 nitrogen and oxygen atoms in total. The van der Waals surface area contributed by atoms with Gasteiger partial charge in [0.15, 0.2) is 5.60 Å². The Morgan fingerprint density at radius 1 is 1.40 bits per heavy atom. The third-order valence-electron chi connectivity index (χ3n) is 2.19. The fraction of sp³-hybridized carbons (Fsp3) is 0.444. The van der Waals surface area contributed by atoms with Crippen LogP contribution in [-0.4, -0.2) is 36.7 Å². The van der Waals surface area contributed by atoms with Gasteiger partial charge in [0, 0.05) is 0 Å². The van der Waals surface area contributed by atoms with Crippen LogP contribution in [0.1, 0.15) is 11.8 Å². The first-order valence-corrected chi connectivity index (χ1v) is 7.29. The van der Waals surface area contributed by atoms with Crippen LogP contribution in [0, 0.1) is 0 Å². The molecule has 0 radical (unpaired) electrons. The van der Waals surface area contributed by atoms with Gasteiger partial charge < -0.3 is 10.2 Å². The Bertz CT molecular complexity index is 605. The number of hydrogen-bond donors (Lipinski definition) is 3. The minimum Gasteiger partial charge on any atom is -0.479 e. The molecule has 114 valence electrons. The Balaban J connectivity index is 2.90. The van der Waals surface area contributed by atoms with E-state index in [-0.39, 0.29) is 11.3 Å². The molecule has 0 spiro atoms. The maximum absolute atomic E-state index is 12.3. The Hall–Kier alpha value is -1.17. The Morgan fingerprint density at radius 2 is 1.95 bits per heavy atom. The minimum absolute atomic E-state index is 0.00122. The number of rotatable bonds is 5. The SMILES string of the molecule is CC(O)(CNS(=O)(=O)c1ccc(C(F)(F)F)s1)C(=O)O. The normalized spacial score (nSPS) is 15.8. The zero-order valence-electron chi connectivity index (χ0n) is 9.93. The highest BCUT2D eigenvalue weighted by Gasteiger charge is 2.35. The lowest BCUT2D eigenvalue weighted by Crippen LogP contribution is -2.46. The number of alkyl halides is 3. The van der Waals surface area contributed by atoms with Gasteiger partial charge in [-0.15, -0.1) is 11.3 Å². The molecule has 0 aliphatic heterocycles. The van der Waals surface area contributed by atoms with Crippen LogP contribution in [-0.2, 0) is 21.0 Å². The standard InChI is InChI=1S/C9H10F3NO5S2/c1-8(16,7(14)15)4-13-20(17,18)6-3-2-5(19-6)9(10,11)12/h2-3,13,16H,4H2,1H3,(H,14,15). The largest absolute Gasteiger partial charge is 0.479 e. The van der Waals surface area contributed by atoms with E-state index in [1.165, 1.54) is 0 Å². The number of carboxylic acid groups (broad SMARTS) is 1. The molecule has 1 rings (SSSR count). The molecule has 0 saturated heterocycles. The molecule has 0 amide bonds. The number of carbonyl (C=O) groups is 1. The van der Waals surface area contributed by atoms with Crippen LogP contribution in [0.25, 0.3) is 0 Å². The van der Waals surface area contributed by atoms with Crippen LogP contribution in [0.3, 0.4) is 0 Å². The highest BCUT2D eigenvalue weighted by molar-refractivity contribution is 7.91. The van der Waals surface area contributed by atoms with Crippen LogP contribution in [0.4, 0.5) is 13.2 Å². The number of thiophene rings is 1. The summed E-state index contributed by atoms with van der Waals surface area (Å²) in [6.07, 6.45) is -4.66. The van der Waals surface area contributed by atoms with E-state index in [4.69, 9.17) is 5.11 Å². The van der Waals surface area contributed by atoms with Gasteiger partial charge in [0.05, 0.1) is 6.54 Å². The number of hydrogen-bond acceptors (Lipinski definition) is 5. The summed E-state index contributed by atoms with van der Waals surface area (Å²) in [6, 6.07) is 1.36. The van der Waals surface area contributed by atoms with E-state index in [1.807, 2.05) is 0 Å². The van der Waals surface area contributed by atoms with Gasteiger partial charge in [-0.3, -0.25) is 0 Å². The lowest BCUT2D eigenvalue weighted by atomic mass is 10.1. The smallest absolute Gasteiger partial charge is 0.425 e. The molecule has 0 bridgehead atoms. The molecular formula is C9H10F3NO5S2. The minimum atomic E-state index is -4.66. The first kappa shape index (κ1) is 16.9. The lowest BCUT2D eigenvalue weighted by Gasteiger charge is -2.17. The number of sulfonamides is 1. The van der Waals surface area contributed by atoms with Crippen molar-refractivity contribution >= 4 is 27.3 Å². The molecule has 3 N–H and O–H groups in total. The molecule has 20 heavy (non-hydrogen) atoms. The fourth-order valence-corrected chi connectivity index (χ4v) is 3.35. The molecule has 0 aliphatic rings. The van der Waals surface area contributed by atoms with Crippen molar-refractivity contribution in [3.63, 3.8) is 0 Å². The molecule has 1 heterocycles. The molecule has 1 aromatic heterocycles. The van der Waals surface area contributed by atoms with E-state index >= 15 is 0 Å². The van der Waals surface area contributed by atoms with E-state index in [0.29, 0.717) is 6.07 Å². The summed E-state index contributed by atoms with van der Waals surface area (Å²) in [7, 11) is -4.32. The Kier molecular flexibility index (Phi) is 4.49. The van der Waals surface area contributed by atoms with Crippen molar-refractivity contribution in [2.45, 2.75) is 22.9 Å². The summed E-state index contributed by atoms with van der Waals surface area (Å²) in [6.45, 7) is -0.0165. The third kappa shape index (κ3) is 3.91. The fourth-order valence-electron chi connectivity index (χ4n) is 0.999. The van der Waals surface area contributed by atoms with Crippen LogP contribution in [0.5, 0.6) is 0 Å². The summed E-state index contributed by atoms with van der Waals surface area (Å²) in [4.78, 5) is 9.48. The molecule has 0 aliphatic carbocycles. The van der Waals surface area contributed by atoms with Crippen molar-refractivity contribution in [1.29, 1.82) is 0 Å². The molecule has 0 aromatic carbocycles. The average Bonchev–Trinajstić information content (AvgIpc) is 2.76. The second-order valence-electron chi connectivity index (χ2n) is 4.02. The van der Waals surface area contributed by atoms with Gasteiger partial charge in [0.1, 0.15) is 9.09 Å². The maximum Gasteiger partial charge on any atom is 0.425 e. The van der Waals surface area contributed by atoms with Gasteiger partial charge in [0.2, 0.25) is 10.0 Å². The number of halogens is 3. The summed E-state index contributed by atoms with van der Waals surface area (Å²) in [5, 5.41) is 17.9. The van der Waals surface area contributed by atoms with E-state index in [2.05, 4.69) is 0 Å². The monoisotopic (exact) mass is 333 g/mol. The molecule has 0 saturated carbocycles. The number of aliphatic hydroxyl groups is 1. The van der Waals surface area contributed by atoms with E-state index in [1.54, 1.807) is 4.72 Å². The molecule has 11 heteroatoms. The zero-order chi connectivity index (χ0) is 15.8. The maximum atomic E-state index is 12.3. The van der Waals surface area contributed by atoms with Crippen molar-refractivity contribution < 1.29 is 36.6 Å². The Labute approximate surface area is 115 Å². The van der Waals surface area contributed by atoms with Crippen molar-refractivity contribution in [3.8, 4) is 0 Å². The van der Waals surface area contributed by atoms with Gasteiger partial charge >= 0.3 is 12.1 Å². The summed E-state index contributed by atoms with van der Waals surface area (Å²) >= 11 is 0.00122. The average molecular weight is 333 g/mol. The molecule has 1 aromatic rings. The van der Waals surface area contributed by atoms with Crippen molar-refractivity contribution in [1.82, 2.24) is 4.72 Å². The van der Waals surface area contributed by atoms with Gasteiger partial charge in [0.25, 0.3) is 0 Å². The highest BCUT2D eigenvalue weighted by atomic mass is 32.2. The van der Waals surface area contributed by atoms with Crippen molar-refractivity contribution in [2.24, 2.45) is 0 Å². The molecular weight excluding hydrogens is 323 g/mol. The van der Waals surface area contributed by atoms with Crippen LogP contribution < -0.4 is 4.72 Å². The van der Waals surface area contributed by atoms with Crippen LogP contribution >= 0.6 is 11.3 Å². The van der Waals surface area contributed by atoms with E-state index in [9.17, 15) is 31.5 Å². The van der Waals surface area contributed by atoms with Gasteiger partial charge in [-0.25, -0.2) is 17.9 Å². The van der Waals surface area contributed by atoms with E-state index in [0.717, 1.165) is 13.0 Å². The third-order valence-corrected chi connectivity index (χ3v) is 5.22. The van der Waals surface area contributed by atoms with Gasteiger partial charge in [-0.1, -0.05) is 0 Å². The molecule has 1 atom stereocenters. The summed E-state index contributed by atoms with van der Waals surface area (Å²) in [5.41, 5.74) is -2.36. The zero-order valence-corrected chi connectivity index (χ0v) is 11.6.